The molecule has 0 saturated heterocycles. The molecule has 0 unspecified atom stereocenters. The largest absolute Gasteiger partial charge is 0.330 e. The maximum atomic E-state index is 12.2. The molecule has 0 saturated carbocycles. The third-order valence-electron chi connectivity index (χ3n) is 6.20. The smallest absolute Gasteiger partial charge is 0.134 e. The first-order chi connectivity index (χ1) is 17.4. The summed E-state index contributed by atoms with van der Waals surface area (Å²) in [5.74, 6) is 0.695. The van der Waals surface area contributed by atoms with Gasteiger partial charge < -0.3 is 32.7 Å². The van der Waals surface area contributed by atoms with Crippen molar-refractivity contribution in [2.24, 2.45) is 22.9 Å². The molecule has 0 aliphatic rings. The predicted molar refractivity (Wildman–Crippen MR) is 145 cm³/mol. The molecule has 0 amide bonds. The van der Waals surface area contributed by atoms with E-state index < -0.39 is 0 Å². The van der Waals surface area contributed by atoms with Crippen molar-refractivity contribution in [2.75, 3.05) is 65.4 Å². The molecule has 0 aliphatic carbocycles. The first kappa shape index (κ1) is 34.4. The Kier molecular flexibility index (Phi) is 22.8. The molecule has 0 rings (SSSR count). The molecule has 0 spiro atoms. The molecule has 0 bridgehead atoms. The van der Waals surface area contributed by atoms with Crippen molar-refractivity contribution in [2.45, 2.75) is 77.0 Å². The molecule has 0 radical (unpaired) electrons. The Hall–Kier alpha value is -1.56. The quantitative estimate of drug-likeness (QED) is 0.120. The van der Waals surface area contributed by atoms with Gasteiger partial charge in [-0.3, -0.25) is 19.2 Å². The van der Waals surface area contributed by atoms with Crippen LogP contribution in [0, 0.1) is 0 Å². The molecule has 0 aromatic rings. The van der Waals surface area contributed by atoms with Crippen LogP contribution in [0.25, 0.3) is 0 Å². The monoisotopic (exact) mass is 512 g/mol. The number of carbonyl (C=O) groups is 4. The fourth-order valence-corrected chi connectivity index (χ4v) is 3.78. The Bertz CT molecular complexity index is 517. The number of Topliss-reactive ketones (excluding diaryl/α,β-unsaturated/α-hetero) is 4. The molecule has 0 heterocycles. The van der Waals surface area contributed by atoms with Crippen LogP contribution >= 0.6 is 0 Å². The minimum Gasteiger partial charge on any atom is -0.330 e. The van der Waals surface area contributed by atoms with Crippen LogP contribution in [0.4, 0.5) is 0 Å². The van der Waals surface area contributed by atoms with E-state index in [-0.39, 0.29) is 23.1 Å². The lowest BCUT2D eigenvalue weighted by molar-refractivity contribution is -0.121. The second kappa shape index (κ2) is 23.8. The molecule has 10 nitrogen and oxygen atoms in total. The minimum atomic E-state index is 0.174. The highest BCUT2D eigenvalue weighted by Crippen LogP contribution is 2.06. The molecule has 0 aromatic carbocycles. The summed E-state index contributed by atoms with van der Waals surface area (Å²) >= 11 is 0. The van der Waals surface area contributed by atoms with E-state index in [1.807, 2.05) is 0 Å². The molecule has 0 fully saturated rings. The van der Waals surface area contributed by atoms with Gasteiger partial charge in [0.05, 0.1) is 0 Å². The summed E-state index contributed by atoms with van der Waals surface area (Å²) in [7, 11) is 0. The van der Waals surface area contributed by atoms with E-state index in [0.717, 1.165) is 0 Å². The second-order valence-electron chi connectivity index (χ2n) is 9.41. The van der Waals surface area contributed by atoms with Gasteiger partial charge in [-0.25, -0.2) is 0 Å². The Balaban J connectivity index is 5.00. The molecule has 8 N–H and O–H groups in total. The summed E-state index contributed by atoms with van der Waals surface area (Å²) in [6.07, 6.45) is 6.31. The number of carbonyl (C=O) groups excluding carboxylic acids is 4. The summed E-state index contributed by atoms with van der Waals surface area (Å²) in [4.78, 5) is 53.0. The highest BCUT2D eigenvalue weighted by molar-refractivity contribution is 5.79. The molecule has 36 heavy (non-hydrogen) atoms. The summed E-state index contributed by atoms with van der Waals surface area (Å²) in [5, 5.41) is 0. The van der Waals surface area contributed by atoms with E-state index >= 15 is 0 Å². The lowest BCUT2D eigenvalue weighted by Crippen LogP contribution is -2.39. The van der Waals surface area contributed by atoms with E-state index in [2.05, 4.69) is 9.80 Å². The topological polar surface area (TPSA) is 179 Å². The average molecular weight is 513 g/mol. The summed E-state index contributed by atoms with van der Waals surface area (Å²) in [6.45, 7) is 5.59. The summed E-state index contributed by atoms with van der Waals surface area (Å²) in [6, 6.07) is 0. The Morgan fingerprint density at radius 1 is 0.361 bits per heavy atom. The zero-order valence-corrected chi connectivity index (χ0v) is 22.4. The van der Waals surface area contributed by atoms with Gasteiger partial charge in [0.25, 0.3) is 0 Å². The van der Waals surface area contributed by atoms with Crippen LogP contribution in [0.15, 0.2) is 0 Å². The van der Waals surface area contributed by atoms with Crippen LogP contribution in [0.5, 0.6) is 0 Å². The Morgan fingerprint density at radius 2 is 0.583 bits per heavy atom. The van der Waals surface area contributed by atoms with Gasteiger partial charge in [0, 0.05) is 90.6 Å². The van der Waals surface area contributed by atoms with Crippen LogP contribution in [-0.2, 0) is 19.2 Å². The normalized spacial score (nSPS) is 11.4. The SMILES string of the molecule is NCCCC(=O)CCN(CCC(=O)CCCN)CCN(CCC(=O)CCCN)CCC(=O)CCCN. The average Bonchev–Trinajstić information content (AvgIpc) is 2.88. The molecule has 10 heteroatoms. The van der Waals surface area contributed by atoms with Gasteiger partial charge in [-0.15, -0.1) is 0 Å². The fourth-order valence-electron chi connectivity index (χ4n) is 3.78. The Morgan fingerprint density at radius 3 is 0.778 bits per heavy atom. The maximum Gasteiger partial charge on any atom is 0.134 e. The maximum absolute atomic E-state index is 12.2. The number of rotatable bonds is 27. The zero-order chi connectivity index (χ0) is 27.0. The third-order valence-corrected chi connectivity index (χ3v) is 6.20. The molecular formula is C26H52N6O4. The van der Waals surface area contributed by atoms with Gasteiger partial charge in [-0.1, -0.05) is 0 Å². The van der Waals surface area contributed by atoms with E-state index in [0.29, 0.717) is 142 Å². The second-order valence-corrected chi connectivity index (χ2v) is 9.41. The number of hydrogen-bond acceptors (Lipinski definition) is 10. The van der Waals surface area contributed by atoms with Crippen molar-refractivity contribution in [1.82, 2.24) is 9.80 Å². The number of nitrogens with zero attached hydrogens (tertiary/aromatic N) is 2. The van der Waals surface area contributed by atoms with Gasteiger partial charge in [0.1, 0.15) is 23.1 Å². The first-order valence-electron chi connectivity index (χ1n) is 13.7. The van der Waals surface area contributed by atoms with Crippen molar-refractivity contribution in [3.8, 4) is 0 Å². The molecule has 0 atom stereocenters. The van der Waals surface area contributed by atoms with Gasteiger partial charge in [0.2, 0.25) is 0 Å². The van der Waals surface area contributed by atoms with Crippen LogP contribution in [0.1, 0.15) is 77.0 Å². The fraction of sp³-hybridized carbons (Fsp3) is 0.846. The van der Waals surface area contributed by atoms with E-state index in [9.17, 15) is 19.2 Å². The van der Waals surface area contributed by atoms with Crippen molar-refractivity contribution in [1.29, 1.82) is 0 Å². The van der Waals surface area contributed by atoms with E-state index in [1.54, 1.807) is 0 Å². The third kappa shape index (κ3) is 20.6. The van der Waals surface area contributed by atoms with Gasteiger partial charge in [0.15, 0.2) is 0 Å². The summed E-state index contributed by atoms with van der Waals surface area (Å²) < 4.78 is 0. The van der Waals surface area contributed by atoms with Crippen molar-refractivity contribution in [3.63, 3.8) is 0 Å². The summed E-state index contributed by atoms with van der Waals surface area (Å²) in [5.41, 5.74) is 22.1. The molecule has 210 valence electrons. The predicted octanol–water partition coefficient (Wildman–Crippen LogP) is 0.383. The van der Waals surface area contributed by atoms with Crippen LogP contribution in [-0.4, -0.2) is 98.4 Å². The standard InChI is InChI=1S/C26H52N6O4/c27-13-1-5-23(33)9-17-31(18-10-24(34)6-2-14-28)21-22-32(19-11-25(35)7-3-15-29)20-12-26(36)8-4-16-30/h1-22,27-30H2. The van der Waals surface area contributed by atoms with Crippen molar-refractivity contribution < 1.29 is 19.2 Å². The van der Waals surface area contributed by atoms with Gasteiger partial charge in [-0.05, 0) is 51.9 Å². The van der Waals surface area contributed by atoms with Crippen molar-refractivity contribution in [3.05, 3.63) is 0 Å². The van der Waals surface area contributed by atoms with Crippen LogP contribution in [0.3, 0.4) is 0 Å². The number of hydrogen-bond donors (Lipinski definition) is 4. The lowest BCUT2D eigenvalue weighted by atomic mass is 10.1. The van der Waals surface area contributed by atoms with Crippen molar-refractivity contribution >= 4 is 23.1 Å². The minimum absolute atomic E-state index is 0.174. The zero-order valence-electron chi connectivity index (χ0n) is 22.4. The highest BCUT2D eigenvalue weighted by atomic mass is 16.1. The highest BCUT2D eigenvalue weighted by Gasteiger charge is 2.15. The number of nitrogens with two attached hydrogens (primary N) is 4. The van der Waals surface area contributed by atoms with Gasteiger partial charge >= 0.3 is 0 Å². The van der Waals surface area contributed by atoms with Crippen LogP contribution < -0.4 is 22.9 Å². The van der Waals surface area contributed by atoms with E-state index in [1.165, 1.54) is 0 Å². The first-order valence-corrected chi connectivity index (χ1v) is 13.7. The van der Waals surface area contributed by atoms with E-state index in [4.69, 9.17) is 22.9 Å². The number of ketones is 4. The van der Waals surface area contributed by atoms with Gasteiger partial charge in [-0.2, -0.15) is 0 Å². The molecule has 0 aliphatic heterocycles. The van der Waals surface area contributed by atoms with Crippen LogP contribution in [0.2, 0.25) is 0 Å². The molecular weight excluding hydrogens is 460 g/mol. The molecule has 0 aromatic heterocycles. The Labute approximate surface area is 217 Å². The lowest BCUT2D eigenvalue weighted by Gasteiger charge is -2.27.